The van der Waals surface area contributed by atoms with Gasteiger partial charge in [-0.3, -0.25) is 9.59 Å². The Morgan fingerprint density at radius 2 is 1.76 bits per heavy atom. The average molecular weight is 439 g/mol. The van der Waals surface area contributed by atoms with E-state index < -0.39 is 17.4 Å². The molecule has 0 aromatic heterocycles. The van der Waals surface area contributed by atoms with Crippen molar-refractivity contribution in [2.45, 2.75) is 52.2 Å². The fraction of sp³-hybridized carbons (Fsp3) is 0.364. The fourth-order valence-corrected chi connectivity index (χ4v) is 3.27. The van der Waals surface area contributed by atoms with Crippen LogP contribution in [-0.4, -0.2) is 28.3 Å². The SMILES string of the molecule is C[C@H](C(=O)NC(C)(C)C)N(Cc1ccccc1F)C(=O)Cc1ccc(Cl)cc1Cl. The van der Waals surface area contributed by atoms with Gasteiger partial charge in [-0.05, 0) is 51.5 Å². The van der Waals surface area contributed by atoms with Crippen LogP contribution >= 0.6 is 23.2 Å². The number of carbonyl (C=O) groups is 2. The lowest BCUT2D eigenvalue weighted by molar-refractivity contribution is -0.140. The van der Waals surface area contributed by atoms with Crippen molar-refractivity contribution in [1.29, 1.82) is 0 Å². The quantitative estimate of drug-likeness (QED) is 0.688. The van der Waals surface area contributed by atoms with E-state index in [1.165, 1.54) is 11.0 Å². The zero-order valence-corrected chi connectivity index (χ0v) is 18.4. The van der Waals surface area contributed by atoms with Gasteiger partial charge in [-0.25, -0.2) is 4.39 Å². The summed E-state index contributed by atoms with van der Waals surface area (Å²) >= 11 is 12.1. The van der Waals surface area contributed by atoms with Crippen molar-refractivity contribution in [1.82, 2.24) is 10.2 Å². The molecule has 0 radical (unpaired) electrons. The number of nitrogens with one attached hydrogen (secondary N) is 1. The van der Waals surface area contributed by atoms with Crippen molar-refractivity contribution < 1.29 is 14.0 Å². The Labute approximate surface area is 181 Å². The van der Waals surface area contributed by atoms with Gasteiger partial charge in [0.2, 0.25) is 11.8 Å². The van der Waals surface area contributed by atoms with E-state index in [1.807, 2.05) is 20.8 Å². The van der Waals surface area contributed by atoms with E-state index in [1.54, 1.807) is 43.3 Å². The molecule has 4 nitrogen and oxygen atoms in total. The lowest BCUT2D eigenvalue weighted by Crippen LogP contribution is -2.52. The molecule has 29 heavy (non-hydrogen) atoms. The zero-order chi connectivity index (χ0) is 21.8. The van der Waals surface area contributed by atoms with Gasteiger partial charge in [0, 0.05) is 27.7 Å². The minimum Gasteiger partial charge on any atom is -0.350 e. The molecule has 0 heterocycles. The first-order valence-electron chi connectivity index (χ1n) is 9.27. The number of nitrogens with zero attached hydrogens (tertiary/aromatic N) is 1. The molecular formula is C22H25Cl2FN2O2. The summed E-state index contributed by atoms with van der Waals surface area (Å²) in [4.78, 5) is 27.2. The molecule has 7 heteroatoms. The first-order valence-corrected chi connectivity index (χ1v) is 10.0. The lowest BCUT2D eigenvalue weighted by Gasteiger charge is -2.31. The first kappa shape index (κ1) is 23.2. The number of amides is 2. The smallest absolute Gasteiger partial charge is 0.242 e. The molecule has 1 atom stereocenters. The van der Waals surface area contributed by atoms with Crippen LogP contribution in [0.25, 0.3) is 0 Å². The molecule has 2 aromatic rings. The highest BCUT2D eigenvalue weighted by Gasteiger charge is 2.29. The van der Waals surface area contributed by atoms with E-state index in [4.69, 9.17) is 23.2 Å². The third-order valence-corrected chi connectivity index (χ3v) is 4.91. The molecule has 1 N–H and O–H groups in total. The Hall–Kier alpha value is -2.11. The number of hydrogen-bond acceptors (Lipinski definition) is 2. The van der Waals surface area contributed by atoms with E-state index in [0.717, 1.165) is 0 Å². The largest absolute Gasteiger partial charge is 0.350 e. The second kappa shape index (κ2) is 9.59. The van der Waals surface area contributed by atoms with Crippen LogP contribution in [0.1, 0.15) is 38.8 Å². The molecule has 2 rings (SSSR count). The molecule has 0 saturated heterocycles. The van der Waals surface area contributed by atoms with E-state index in [-0.39, 0.29) is 24.8 Å². The highest BCUT2D eigenvalue weighted by atomic mass is 35.5. The van der Waals surface area contributed by atoms with Gasteiger partial charge in [0.25, 0.3) is 0 Å². The molecule has 156 valence electrons. The summed E-state index contributed by atoms with van der Waals surface area (Å²) in [6.45, 7) is 7.16. The van der Waals surface area contributed by atoms with E-state index in [9.17, 15) is 14.0 Å². The first-order chi connectivity index (χ1) is 13.5. The van der Waals surface area contributed by atoms with Crippen molar-refractivity contribution >= 4 is 35.0 Å². The van der Waals surface area contributed by atoms with Crippen LogP contribution in [0.2, 0.25) is 10.0 Å². The van der Waals surface area contributed by atoms with Gasteiger partial charge in [-0.15, -0.1) is 0 Å². The van der Waals surface area contributed by atoms with Crippen LogP contribution in [0.4, 0.5) is 4.39 Å². The number of hydrogen-bond donors (Lipinski definition) is 1. The summed E-state index contributed by atoms with van der Waals surface area (Å²) in [7, 11) is 0. The third kappa shape index (κ3) is 6.72. The van der Waals surface area contributed by atoms with Crippen LogP contribution in [0.15, 0.2) is 42.5 Å². The number of halogens is 3. The van der Waals surface area contributed by atoms with Gasteiger partial charge in [-0.1, -0.05) is 47.5 Å². The molecular weight excluding hydrogens is 414 g/mol. The predicted molar refractivity (Wildman–Crippen MR) is 114 cm³/mol. The minimum absolute atomic E-state index is 0.0302. The Balaban J connectivity index is 2.31. The monoisotopic (exact) mass is 438 g/mol. The van der Waals surface area contributed by atoms with Gasteiger partial charge in [0.05, 0.1) is 6.42 Å². The predicted octanol–water partition coefficient (Wildman–Crippen LogP) is 5.01. The number of rotatable bonds is 6. The Kier molecular flexibility index (Phi) is 7.66. The normalized spacial score (nSPS) is 12.4. The maximum atomic E-state index is 14.2. The molecule has 0 unspecified atom stereocenters. The van der Waals surface area contributed by atoms with Crippen LogP contribution in [0, 0.1) is 5.82 Å². The van der Waals surface area contributed by atoms with Gasteiger partial charge < -0.3 is 10.2 Å². The second-order valence-corrected chi connectivity index (χ2v) is 8.78. The van der Waals surface area contributed by atoms with Crippen molar-refractivity contribution in [2.75, 3.05) is 0 Å². The Morgan fingerprint density at radius 3 is 2.34 bits per heavy atom. The standard InChI is InChI=1S/C22H25Cl2FN2O2/c1-14(21(29)26-22(2,3)4)27(13-16-7-5-6-8-19(16)25)20(28)11-15-9-10-17(23)12-18(15)24/h5-10,12,14H,11,13H2,1-4H3,(H,26,29)/t14-/m1/s1. The van der Waals surface area contributed by atoms with Crippen molar-refractivity contribution in [3.8, 4) is 0 Å². The Bertz CT molecular complexity index is 897. The van der Waals surface area contributed by atoms with Crippen molar-refractivity contribution in [3.63, 3.8) is 0 Å². The van der Waals surface area contributed by atoms with Gasteiger partial charge in [-0.2, -0.15) is 0 Å². The van der Waals surface area contributed by atoms with Crippen LogP contribution in [0.3, 0.4) is 0 Å². The van der Waals surface area contributed by atoms with Crippen LogP contribution in [-0.2, 0) is 22.6 Å². The molecule has 0 saturated carbocycles. The highest BCUT2D eigenvalue weighted by molar-refractivity contribution is 6.35. The van der Waals surface area contributed by atoms with E-state index >= 15 is 0 Å². The highest BCUT2D eigenvalue weighted by Crippen LogP contribution is 2.23. The molecule has 0 bridgehead atoms. The minimum atomic E-state index is -0.799. The Morgan fingerprint density at radius 1 is 1.10 bits per heavy atom. The summed E-state index contributed by atoms with van der Waals surface area (Å²) in [6, 6.07) is 10.3. The van der Waals surface area contributed by atoms with Gasteiger partial charge in [0.1, 0.15) is 11.9 Å². The van der Waals surface area contributed by atoms with E-state index in [0.29, 0.717) is 21.2 Å². The summed E-state index contributed by atoms with van der Waals surface area (Å²) in [6.07, 6.45) is -0.0302. The molecule has 2 aromatic carbocycles. The fourth-order valence-electron chi connectivity index (χ4n) is 2.80. The summed E-state index contributed by atoms with van der Waals surface area (Å²) in [5.41, 5.74) is 0.457. The lowest BCUT2D eigenvalue weighted by atomic mass is 10.1. The molecule has 0 aliphatic rings. The second-order valence-electron chi connectivity index (χ2n) is 7.94. The zero-order valence-electron chi connectivity index (χ0n) is 16.9. The van der Waals surface area contributed by atoms with Crippen molar-refractivity contribution in [3.05, 3.63) is 69.5 Å². The van der Waals surface area contributed by atoms with Crippen LogP contribution < -0.4 is 5.32 Å². The third-order valence-electron chi connectivity index (χ3n) is 4.32. The van der Waals surface area contributed by atoms with Gasteiger partial charge in [0.15, 0.2) is 0 Å². The molecule has 2 amide bonds. The molecule has 0 aliphatic carbocycles. The van der Waals surface area contributed by atoms with Crippen LogP contribution in [0.5, 0.6) is 0 Å². The average Bonchev–Trinajstić information content (AvgIpc) is 2.61. The molecule has 0 spiro atoms. The molecule has 0 aliphatic heterocycles. The van der Waals surface area contributed by atoms with Gasteiger partial charge >= 0.3 is 0 Å². The molecule has 0 fully saturated rings. The summed E-state index contributed by atoms with van der Waals surface area (Å²) in [5.74, 6) is -1.09. The maximum absolute atomic E-state index is 14.2. The van der Waals surface area contributed by atoms with E-state index in [2.05, 4.69) is 5.32 Å². The topological polar surface area (TPSA) is 49.4 Å². The summed E-state index contributed by atoms with van der Waals surface area (Å²) < 4.78 is 14.2. The maximum Gasteiger partial charge on any atom is 0.242 e. The number of carbonyl (C=O) groups excluding carboxylic acids is 2. The summed E-state index contributed by atoms with van der Waals surface area (Å²) in [5, 5.41) is 3.70. The number of benzene rings is 2. The van der Waals surface area contributed by atoms with Crippen molar-refractivity contribution in [2.24, 2.45) is 0 Å².